The Kier molecular flexibility index (Phi) is 8.28. The predicted octanol–water partition coefficient (Wildman–Crippen LogP) is 1.65. The number of Topliss-reactive ketones (excluding diaryl/α,β-unsaturated/α-hetero) is 1. The molecule has 3 heterocycles. The molecule has 0 aliphatic rings. The molecule has 13 heteroatoms. The van der Waals surface area contributed by atoms with Gasteiger partial charge in [0.1, 0.15) is 29.5 Å². The summed E-state index contributed by atoms with van der Waals surface area (Å²) >= 11 is 0. The number of hydrogen-bond acceptors (Lipinski definition) is 10. The molecule has 194 valence electrons. The van der Waals surface area contributed by atoms with Gasteiger partial charge in [-0.25, -0.2) is 18.7 Å². The van der Waals surface area contributed by atoms with Crippen molar-refractivity contribution in [3.8, 4) is 22.9 Å². The van der Waals surface area contributed by atoms with E-state index in [-0.39, 0.29) is 30.3 Å². The lowest BCUT2D eigenvalue weighted by Crippen LogP contribution is -2.36. The van der Waals surface area contributed by atoms with Crippen molar-refractivity contribution in [2.45, 2.75) is 19.0 Å². The van der Waals surface area contributed by atoms with Crippen LogP contribution in [0.5, 0.6) is 0 Å². The van der Waals surface area contributed by atoms with Crippen molar-refractivity contribution in [3.63, 3.8) is 0 Å². The first-order valence-electron chi connectivity index (χ1n) is 11.3. The molecule has 0 radical (unpaired) electrons. The Morgan fingerprint density at radius 3 is 2.51 bits per heavy atom. The van der Waals surface area contributed by atoms with E-state index in [1.165, 1.54) is 17.0 Å². The second-order valence-electron chi connectivity index (χ2n) is 8.22. The molecule has 1 atom stereocenters. The fourth-order valence-electron chi connectivity index (χ4n) is 3.58. The first-order valence-corrected chi connectivity index (χ1v) is 11.3. The minimum absolute atomic E-state index is 0.00587. The number of ketones is 1. The molecule has 0 saturated carbocycles. The molecular formula is C24H24F2N6O5. The highest BCUT2D eigenvalue weighted by Crippen LogP contribution is 2.26. The number of carbonyl (C=O) groups excluding carboxylic acids is 1. The molecule has 11 nitrogen and oxygen atoms in total. The van der Waals surface area contributed by atoms with Crippen LogP contribution in [-0.2, 0) is 11.3 Å². The molecule has 4 N–H and O–H groups in total. The summed E-state index contributed by atoms with van der Waals surface area (Å²) in [4.78, 5) is 20.6. The molecule has 4 aromatic rings. The summed E-state index contributed by atoms with van der Waals surface area (Å²) in [6, 6.07) is 8.16. The van der Waals surface area contributed by atoms with Crippen molar-refractivity contribution in [1.29, 1.82) is 0 Å². The van der Waals surface area contributed by atoms with Crippen LogP contribution < -0.4 is 5.32 Å². The first-order chi connectivity index (χ1) is 17.9. The zero-order valence-corrected chi connectivity index (χ0v) is 19.5. The number of rotatable bonds is 12. The number of nitrogens with zero attached hydrogens (tertiary/aromatic N) is 5. The molecule has 3 aromatic heterocycles. The molecule has 4 rings (SSSR count). The Hall–Kier alpha value is -4.07. The third kappa shape index (κ3) is 6.02. The van der Waals surface area contributed by atoms with Gasteiger partial charge in [0.2, 0.25) is 0 Å². The van der Waals surface area contributed by atoms with E-state index in [1.807, 2.05) is 0 Å². The number of halogens is 2. The van der Waals surface area contributed by atoms with Crippen LogP contribution in [0.1, 0.15) is 12.0 Å². The smallest absolute Gasteiger partial charge is 0.183 e. The van der Waals surface area contributed by atoms with Crippen LogP contribution in [0, 0.1) is 17.6 Å². The molecule has 0 bridgehead atoms. The molecule has 0 spiro atoms. The van der Waals surface area contributed by atoms with E-state index in [9.17, 15) is 28.9 Å². The van der Waals surface area contributed by atoms with E-state index in [0.29, 0.717) is 17.0 Å². The van der Waals surface area contributed by atoms with Crippen molar-refractivity contribution in [2.75, 3.05) is 25.1 Å². The molecule has 0 unspecified atom stereocenters. The number of anilines is 1. The summed E-state index contributed by atoms with van der Waals surface area (Å²) in [5, 5.41) is 39.0. The van der Waals surface area contributed by atoms with Crippen molar-refractivity contribution in [2.24, 2.45) is 5.92 Å². The molecule has 0 amide bonds. The Balaban J connectivity index is 1.64. The molecule has 0 aliphatic heterocycles. The van der Waals surface area contributed by atoms with Gasteiger partial charge >= 0.3 is 0 Å². The van der Waals surface area contributed by atoms with Crippen molar-refractivity contribution < 1.29 is 33.4 Å². The Morgan fingerprint density at radius 1 is 1.05 bits per heavy atom. The van der Waals surface area contributed by atoms with Crippen molar-refractivity contribution >= 4 is 11.6 Å². The van der Waals surface area contributed by atoms with Gasteiger partial charge < -0.3 is 25.2 Å². The molecule has 0 saturated heterocycles. The highest BCUT2D eigenvalue weighted by molar-refractivity contribution is 5.86. The van der Waals surface area contributed by atoms with Crippen LogP contribution >= 0.6 is 0 Å². The number of nitrogens with one attached hydrogen (secondary N) is 1. The van der Waals surface area contributed by atoms with E-state index in [4.69, 9.17) is 4.52 Å². The molecule has 37 heavy (non-hydrogen) atoms. The lowest BCUT2D eigenvalue weighted by atomic mass is 10.0. The number of aliphatic hydroxyl groups excluding tert-OH is 3. The van der Waals surface area contributed by atoms with E-state index in [2.05, 4.69) is 25.5 Å². The number of aliphatic hydroxyl groups is 3. The van der Waals surface area contributed by atoms with Crippen molar-refractivity contribution in [1.82, 2.24) is 24.9 Å². The van der Waals surface area contributed by atoms with E-state index in [0.717, 1.165) is 6.20 Å². The van der Waals surface area contributed by atoms with Gasteiger partial charge in [-0.1, -0.05) is 23.4 Å². The number of benzene rings is 1. The monoisotopic (exact) mass is 514 g/mol. The molecular weight excluding hydrogens is 490 g/mol. The van der Waals surface area contributed by atoms with Crippen LogP contribution in [0.3, 0.4) is 0 Å². The van der Waals surface area contributed by atoms with Gasteiger partial charge in [0.25, 0.3) is 0 Å². The summed E-state index contributed by atoms with van der Waals surface area (Å²) in [6.45, 7) is -1.46. The summed E-state index contributed by atoms with van der Waals surface area (Å²) in [6.07, 6.45) is 2.03. The van der Waals surface area contributed by atoms with Gasteiger partial charge in [0.15, 0.2) is 23.2 Å². The minimum Gasteiger partial charge on any atom is -0.396 e. The quantitative estimate of drug-likeness (QED) is 0.219. The second-order valence-corrected chi connectivity index (χ2v) is 8.22. The van der Waals surface area contributed by atoms with E-state index < -0.39 is 49.2 Å². The van der Waals surface area contributed by atoms with Crippen LogP contribution in [0.2, 0.25) is 0 Å². The standard InChI is InChI=1S/C24H24F2N6O5/c25-16-4-2-1-3-15(16)10-32-21(18-5-6-37-31-18)8-19(30-32)24-27-9-17(26)23(29-24)28-20(13-35)22(36)7-14(11-33)12-34/h1-6,8-9,14,20,33-35H,7,10-13H2,(H,27,28,29)/t20-/m1/s1. The first kappa shape index (κ1) is 26.0. The second kappa shape index (κ2) is 11.8. The van der Waals surface area contributed by atoms with E-state index >= 15 is 0 Å². The molecule has 0 fully saturated rings. The third-order valence-corrected chi connectivity index (χ3v) is 5.62. The fourth-order valence-corrected chi connectivity index (χ4v) is 3.58. The fraction of sp³-hybridized carbons (Fsp3) is 0.292. The normalized spacial score (nSPS) is 12.2. The SMILES string of the molecule is O=C(CC(CO)CO)[C@@H](CO)Nc1nc(-c2cc(-c3ccon3)n(Cc3ccccc3F)n2)ncc1F. The summed E-state index contributed by atoms with van der Waals surface area (Å²) in [5.41, 5.74) is 1.48. The van der Waals surface area contributed by atoms with Gasteiger partial charge in [0, 0.05) is 37.2 Å². The maximum atomic E-state index is 14.5. The van der Waals surface area contributed by atoms with Crippen LogP contribution in [0.25, 0.3) is 22.9 Å². The zero-order valence-electron chi connectivity index (χ0n) is 19.5. The number of hydrogen-bond donors (Lipinski definition) is 4. The lowest BCUT2D eigenvalue weighted by Gasteiger charge is -2.18. The van der Waals surface area contributed by atoms with Gasteiger partial charge in [-0.2, -0.15) is 5.10 Å². The van der Waals surface area contributed by atoms with Gasteiger partial charge in [-0.05, 0) is 12.1 Å². The van der Waals surface area contributed by atoms with Crippen LogP contribution in [0.4, 0.5) is 14.6 Å². The number of carbonyl (C=O) groups is 1. The summed E-state index contributed by atoms with van der Waals surface area (Å²) in [5.74, 6) is -2.90. The maximum Gasteiger partial charge on any atom is 0.183 e. The topological polar surface area (TPSA) is 159 Å². The largest absolute Gasteiger partial charge is 0.396 e. The number of aromatic nitrogens is 5. The van der Waals surface area contributed by atoms with Crippen LogP contribution in [0.15, 0.2) is 53.4 Å². The zero-order chi connectivity index (χ0) is 26.4. The highest BCUT2D eigenvalue weighted by atomic mass is 19.1. The molecule has 1 aromatic carbocycles. The van der Waals surface area contributed by atoms with Gasteiger partial charge in [0.05, 0.1) is 25.0 Å². The summed E-state index contributed by atoms with van der Waals surface area (Å²) in [7, 11) is 0. The third-order valence-electron chi connectivity index (χ3n) is 5.62. The summed E-state index contributed by atoms with van der Waals surface area (Å²) < 4.78 is 35.2. The Labute approximate surface area is 209 Å². The predicted molar refractivity (Wildman–Crippen MR) is 126 cm³/mol. The lowest BCUT2D eigenvalue weighted by molar-refractivity contribution is -0.122. The Morgan fingerprint density at radius 2 is 1.84 bits per heavy atom. The average molecular weight is 514 g/mol. The average Bonchev–Trinajstić information content (AvgIpc) is 3.58. The Bertz CT molecular complexity index is 1340. The highest BCUT2D eigenvalue weighted by Gasteiger charge is 2.24. The van der Waals surface area contributed by atoms with Gasteiger partial charge in [-0.3, -0.25) is 9.48 Å². The van der Waals surface area contributed by atoms with E-state index in [1.54, 1.807) is 30.3 Å². The minimum atomic E-state index is -1.23. The van der Waals surface area contributed by atoms with Crippen LogP contribution in [-0.4, -0.2) is 71.9 Å². The van der Waals surface area contributed by atoms with Gasteiger partial charge in [-0.15, -0.1) is 0 Å². The maximum absolute atomic E-state index is 14.5. The van der Waals surface area contributed by atoms with Crippen molar-refractivity contribution in [3.05, 3.63) is 66.1 Å². The molecule has 0 aliphatic carbocycles.